The molecule has 0 atom stereocenters. The third kappa shape index (κ3) is 8.61. The van der Waals surface area contributed by atoms with Crippen molar-refractivity contribution in [1.82, 2.24) is 15.5 Å². The van der Waals surface area contributed by atoms with Crippen LogP contribution in [0.3, 0.4) is 0 Å². The number of carbonyl (C=O) groups is 4. The zero-order valence-corrected chi connectivity index (χ0v) is 16.3. The third-order valence-electron chi connectivity index (χ3n) is 3.04. The Labute approximate surface area is 156 Å². The number of hydrogen-bond donors (Lipinski definition) is 2. The third-order valence-corrected chi connectivity index (χ3v) is 3.91. The molecule has 0 fully saturated rings. The molecule has 0 radical (unpaired) electrons. The fourth-order valence-corrected chi connectivity index (χ4v) is 2.50. The van der Waals surface area contributed by atoms with Crippen molar-refractivity contribution in [3.8, 4) is 0 Å². The summed E-state index contributed by atoms with van der Waals surface area (Å²) in [5.74, 6) is -1.63. The summed E-state index contributed by atoms with van der Waals surface area (Å²) in [7, 11) is 1.46. The van der Waals surface area contributed by atoms with Crippen molar-refractivity contribution >= 4 is 35.0 Å². The molecule has 2 N–H and O–H groups in total. The van der Waals surface area contributed by atoms with Gasteiger partial charge in [-0.05, 0) is 32.2 Å². The predicted molar refractivity (Wildman–Crippen MR) is 97.8 cm³/mol. The van der Waals surface area contributed by atoms with Crippen molar-refractivity contribution in [2.75, 3.05) is 26.7 Å². The number of ether oxygens (including phenoxy) is 1. The SMILES string of the molecule is CN(CC(=O)NC(C)(C)C)C(=O)COC(=O)CCNC(=O)c1cccs1. The minimum absolute atomic E-state index is 0.0430. The van der Waals surface area contributed by atoms with E-state index >= 15 is 0 Å². The Hall–Kier alpha value is -2.42. The molecule has 0 saturated heterocycles. The van der Waals surface area contributed by atoms with Crippen LogP contribution in [0, 0.1) is 0 Å². The number of amides is 3. The highest BCUT2D eigenvalue weighted by Crippen LogP contribution is 2.07. The zero-order chi connectivity index (χ0) is 19.7. The minimum atomic E-state index is -0.600. The highest BCUT2D eigenvalue weighted by molar-refractivity contribution is 7.12. The summed E-state index contributed by atoms with van der Waals surface area (Å²) in [6, 6.07) is 3.44. The molecular formula is C17H25N3O5S. The molecule has 0 aliphatic rings. The Balaban J connectivity index is 2.23. The average Bonchev–Trinajstić information content (AvgIpc) is 3.04. The van der Waals surface area contributed by atoms with Gasteiger partial charge < -0.3 is 20.3 Å². The van der Waals surface area contributed by atoms with Crippen LogP contribution in [0.2, 0.25) is 0 Å². The molecule has 0 aliphatic carbocycles. The molecule has 1 rings (SSSR count). The molecule has 8 nitrogen and oxygen atoms in total. The number of hydrogen-bond acceptors (Lipinski definition) is 6. The van der Waals surface area contributed by atoms with E-state index in [0.29, 0.717) is 4.88 Å². The van der Waals surface area contributed by atoms with Gasteiger partial charge in [0.15, 0.2) is 6.61 Å². The zero-order valence-electron chi connectivity index (χ0n) is 15.5. The van der Waals surface area contributed by atoms with Crippen LogP contribution in [0.25, 0.3) is 0 Å². The quantitative estimate of drug-likeness (QED) is 0.646. The van der Waals surface area contributed by atoms with E-state index in [-0.39, 0.29) is 36.9 Å². The standard InChI is InChI=1S/C17H25N3O5S/c1-17(2,3)19-13(21)10-20(4)14(22)11-25-15(23)7-8-18-16(24)12-6-5-9-26-12/h5-6,9H,7-8,10-11H2,1-4H3,(H,18,24)(H,19,21). The molecule has 0 aliphatic heterocycles. The summed E-state index contributed by atoms with van der Waals surface area (Å²) < 4.78 is 4.87. The van der Waals surface area contributed by atoms with Crippen LogP contribution < -0.4 is 10.6 Å². The van der Waals surface area contributed by atoms with E-state index in [4.69, 9.17) is 4.74 Å². The number of nitrogens with zero attached hydrogens (tertiary/aromatic N) is 1. The first kappa shape index (κ1) is 21.6. The van der Waals surface area contributed by atoms with Crippen molar-refractivity contribution in [2.45, 2.75) is 32.7 Å². The van der Waals surface area contributed by atoms with Gasteiger partial charge in [0.1, 0.15) is 0 Å². The Kier molecular flexibility index (Phi) is 8.24. The van der Waals surface area contributed by atoms with E-state index in [2.05, 4.69) is 10.6 Å². The van der Waals surface area contributed by atoms with Gasteiger partial charge in [0.25, 0.3) is 11.8 Å². The maximum Gasteiger partial charge on any atom is 0.308 e. The monoisotopic (exact) mass is 383 g/mol. The molecule has 9 heteroatoms. The second kappa shape index (κ2) is 9.91. The Morgan fingerprint density at radius 3 is 2.50 bits per heavy atom. The lowest BCUT2D eigenvalue weighted by atomic mass is 10.1. The first-order valence-corrected chi connectivity index (χ1v) is 8.99. The fraction of sp³-hybridized carbons (Fsp3) is 0.529. The lowest BCUT2D eigenvalue weighted by molar-refractivity contribution is -0.151. The summed E-state index contributed by atoms with van der Waals surface area (Å²) in [6.45, 7) is 5.07. The van der Waals surface area contributed by atoms with E-state index < -0.39 is 18.5 Å². The van der Waals surface area contributed by atoms with Crippen LogP contribution in [-0.2, 0) is 19.1 Å². The number of rotatable bonds is 8. The van der Waals surface area contributed by atoms with Gasteiger partial charge in [-0.3, -0.25) is 19.2 Å². The maximum absolute atomic E-state index is 11.9. The molecule has 3 amide bonds. The molecule has 0 bridgehead atoms. The number of likely N-dealkylation sites (N-methyl/N-ethyl adjacent to an activating group) is 1. The van der Waals surface area contributed by atoms with Gasteiger partial charge in [-0.1, -0.05) is 6.07 Å². The van der Waals surface area contributed by atoms with Crippen LogP contribution in [0.1, 0.15) is 36.9 Å². The smallest absolute Gasteiger partial charge is 0.308 e. The van der Waals surface area contributed by atoms with E-state index in [1.54, 1.807) is 17.5 Å². The topological polar surface area (TPSA) is 105 Å². The summed E-state index contributed by atoms with van der Waals surface area (Å²) >= 11 is 1.30. The number of esters is 1. The van der Waals surface area contributed by atoms with Crippen molar-refractivity contribution in [3.63, 3.8) is 0 Å². The van der Waals surface area contributed by atoms with Crippen molar-refractivity contribution in [3.05, 3.63) is 22.4 Å². The first-order chi connectivity index (χ1) is 12.1. The molecular weight excluding hydrogens is 358 g/mol. The van der Waals surface area contributed by atoms with Gasteiger partial charge in [-0.15, -0.1) is 11.3 Å². The second-order valence-corrected chi connectivity index (χ2v) is 7.64. The number of thiophene rings is 1. The molecule has 1 aromatic rings. The van der Waals surface area contributed by atoms with E-state index in [9.17, 15) is 19.2 Å². The highest BCUT2D eigenvalue weighted by Gasteiger charge is 2.18. The largest absolute Gasteiger partial charge is 0.456 e. The van der Waals surface area contributed by atoms with Gasteiger partial charge in [0.2, 0.25) is 5.91 Å². The number of carbonyl (C=O) groups excluding carboxylic acids is 4. The van der Waals surface area contributed by atoms with E-state index in [1.807, 2.05) is 20.8 Å². The molecule has 1 aromatic heterocycles. The van der Waals surface area contributed by atoms with Crippen LogP contribution in [0.5, 0.6) is 0 Å². The first-order valence-electron chi connectivity index (χ1n) is 8.11. The molecule has 144 valence electrons. The minimum Gasteiger partial charge on any atom is -0.456 e. The highest BCUT2D eigenvalue weighted by atomic mass is 32.1. The van der Waals surface area contributed by atoms with Crippen molar-refractivity contribution in [2.24, 2.45) is 0 Å². The molecule has 1 heterocycles. The van der Waals surface area contributed by atoms with Crippen LogP contribution in [-0.4, -0.2) is 60.9 Å². The molecule has 0 unspecified atom stereocenters. The summed E-state index contributed by atoms with van der Waals surface area (Å²) in [6.07, 6.45) is -0.0430. The lowest BCUT2D eigenvalue weighted by Crippen LogP contribution is -2.46. The normalized spacial score (nSPS) is 10.8. The van der Waals surface area contributed by atoms with Gasteiger partial charge >= 0.3 is 5.97 Å². The molecule has 0 aromatic carbocycles. The summed E-state index contributed by atoms with van der Waals surface area (Å²) in [5.41, 5.74) is -0.388. The van der Waals surface area contributed by atoms with Gasteiger partial charge in [-0.25, -0.2) is 0 Å². The van der Waals surface area contributed by atoms with Crippen molar-refractivity contribution < 1.29 is 23.9 Å². The van der Waals surface area contributed by atoms with E-state index in [0.717, 1.165) is 0 Å². The van der Waals surface area contributed by atoms with Gasteiger partial charge in [0, 0.05) is 19.1 Å². The average molecular weight is 383 g/mol. The Bertz CT molecular complexity index is 637. The predicted octanol–water partition coefficient (Wildman–Crippen LogP) is 0.784. The molecule has 0 saturated carbocycles. The van der Waals surface area contributed by atoms with Crippen molar-refractivity contribution in [1.29, 1.82) is 0 Å². The van der Waals surface area contributed by atoms with Gasteiger partial charge in [-0.2, -0.15) is 0 Å². The fourth-order valence-electron chi connectivity index (χ4n) is 1.86. The Morgan fingerprint density at radius 2 is 1.92 bits per heavy atom. The molecule has 26 heavy (non-hydrogen) atoms. The van der Waals surface area contributed by atoms with Crippen LogP contribution in [0.4, 0.5) is 0 Å². The molecule has 0 spiro atoms. The second-order valence-electron chi connectivity index (χ2n) is 6.69. The Morgan fingerprint density at radius 1 is 1.23 bits per heavy atom. The summed E-state index contributed by atoms with van der Waals surface area (Å²) in [5, 5.41) is 7.12. The maximum atomic E-state index is 11.9. The number of nitrogens with one attached hydrogen (secondary N) is 2. The van der Waals surface area contributed by atoms with Crippen LogP contribution >= 0.6 is 11.3 Å². The lowest BCUT2D eigenvalue weighted by Gasteiger charge is -2.23. The van der Waals surface area contributed by atoms with Crippen LogP contribution in [0.15, 0.2) is 17.5 Å². The van der Waals surface area contributed by atoms with Gasteiger partial charge in [0.05, 0.1) is 17.8 Å². The summed E-state index contributed by atoms with van der Waals surface area (Å²) in [4.78, 5) is 48.7. The van der Waals surface area contributed by atoms with E-state index in [1.165, 1.54) is 23.3 Å².